The first kappa shape index (κ1) is 12.2. The van der Waals surface area contributed by atoms with Crippen LogP contribution in [0.2, 0.25) is 0 Å². The number of hydrogen-bond acceptors (Lipinski definition) is 5. The highest BCUT2D eigenvalue weighted by molar-refractivity contribution is 7.15. The Kier molecular flexibility index (Phi) is 3.54. The molecule has 1 amide bonds. The topological polar surface area (TPSA) is 54.9 Å². The molecule has 0 saturated heterocycles. The van der Waals surface area contributed by atoms with Gasteiger partial charge in [0.25, 0.3) is 0 Å². The van der Waals surface area contributed by atoms with E-state index in [2.05, 4.69) is 15.3 Å². The SMILES string of the molecule is Cc1nc(NC(=O)Cc2scnc2C)sc1C. The summed E-state index contributed by atoms with van der Waals surface area (Å²) in [6, 6.07) is 0. The van der Waals surface area contributed by atoms with Crippen LogP contribution in [0.3, 0.4) is 0 Å². The van der Waals surface area contributed by atoms with Gasteiger partial charge in [-0.3, -0.25) is 4.79 Å². The maximum atomic E-state index is 11.8. The summed E-state index contributed by atoms with van der Waals surface area (Å²) in [4.78, 5) is 22.3. The lowest BCUT2D eigenvalue weighted by molar-refractivity contribution is -0.115. The average Bonchev–Trinajstić information content (AvgIpc) is 2.76. The summed E-state index contributed by atoms with van der Waals surface area (Å²) in [6.45, 7) is 5.85. The zero-order chi connectivity index (χ0) is 12.4. The Balaban J connectivity index is 2.00. The van der Waals surface area contributed by atoms with E-state index in [9.17, 15) is 4.79 Å². The lowest BCUT2D eigenvalue weighted by atomic mass is 10.3. The number of rotatable bonds is 3. The predicted molar refractivity (Wildman–Crippen MR) is 70.8 cm³/mol. The molecule has 0 spiro atoms. The third-order valence-electron chi connectivity index (χ3n) is 2.44. The molecule has 0 aliphatic carbocycles. The zero-order valence-corrected chi connectivity index (χ0v) is 11.5. The van der Waals surface area contributed by atoms with E-state index in [0.717, 1.165) is 21.1 Å². The standard InChI is InChI=1S/C11H13N3OS2/c1-6-8(3)17-11(13-6)14-10(15)4-9-7(2)12-5-16-9/h5H,4H2,1-3H3,(H,13,14,15). The quantitative estimate of drug-likeness (QED) is 0.930. The molecule has 0 aliphatic rings. The molecule has 90 valence electrons. The number of nitrogens with zero attached hydrogens (tertiary/aromatic N) is 2. The van der Waals surface area contributed by atoms with Gasteiger partial charge in [-0.2, -0.15) is 0 Å². The summed E-state index contributed by atoms with van der Waals surface area (Å²) >= 11 is 3.01. The summed E-state index contributed by atoms with van der Waals surface area (Å²) in [5.41, 5.74) is 3.66. The van der Waals surface area contributed by atoms with E-state index >= 15 is 0 Å². The van der Waals surface area contributed by atoms with Crippen molar-refractivity contribution in [3.05, 3.63) is 26.7 Å². The fourth-order valence-corrected chi connectivity index (χ4v) is 2.94. The minimum Gasteiger partial charge on any atom is -0.302 e. The molecular weight excluding hydrogens is 254 g/mol. The maximum Gasteiger partial charge on any atom is 0.231 e. The Bertz CT molecular complexity index is 525. The Morgan fingerprint density at radius 2 is 2.12 bits per heavy atom. The van der Waals surface area contributed by atoms with Crippen LogP contribution in [0.25, 0.3) is 0 Å². The minimum atomic E-state index is -0.0360. The second-order valence-electron chi connectivity index (χ2n) is 3.75. The largest absolute Gasteiger partial charge is 0.302 e. The van der Waals surface area contributed by atoms with Crippen LogP contribution in [0.5, 0.6) is 0 Å². The van der Waals surface area contributed by atoms with E-state index in [1.54, 1.807) is 5.51 Å². The van der Waals surface area contributed by atoms with Crippen molar-refractivity contribution in [2.75, 3.05) is 5.32 Å². The number of carbonyl (C=O) groups excluding carboxylic acids is 1. The molecule has 1 N–H and O–H groups in total. The van der Waals surface area contributed by atoms with Gasteiger partial charge in [0.05, 0.1) is 23.3 Å². The lowest BCUT2D eigenvalue weighted by Crippen LogP contribution is -2.14. The second kappa shape index (κ2) is 4.93. The van der Waals surface area contributed by atoms with Crippen LogP contribution in [-0.4, -0.2) is 15.9 Å². The van der Waals surface area contributed by atoms with Gasteiger partial charge in [-0.05, 0) is 20.8 Å². The fraction of sp³-hybridized carbons (Fsp3) is 0.364. The highest BCUT2D eigenvalue weighted by atomic mass is 32.1. The average molecular weight is 267 g/mol. The van der Waals surface area contributed by atoms with Crippen LogP contribution >= 0.6 is 22.7 Å². The molecule has 0 aromatic carbocycles. The van der Waals surface area contributed by atoms with Crippen LogP contribution in [0, 0.1) is 20.8 Å². The van der Waals surface area contributed by atoms with E-state index in [1.165, 1.54) is 22.7 Å². The molecular formula is C11H13N3OS2. The highest BCUT2D eigenvalue weighted by Crippen LogP contribution is 2.21. The van der Waals surface area contributed by atoms with Gasteiger partial charge in [0.2, 0.25) is 5.91 Å². The third-order valence-corrected chi connectivity index (χ3v) is 4.36. The summed E-state index contributed by atoms with van der Waals surface area (Å²) in [5, 5.41) is 3.49. The van der Waals surface area contributed by atoms with Crippen molar-refractivity contribution in [1.82, 2.24) is 9.97 Å². The van der Waals surface area contributed by atoms with Crippen molar-refractivity contribution < 1.29 is 4.79 Å². The van der Waals surface area contributed by atoms with Gasteiger partial charge in [0.1, 0.15) is 0 Å². The van der Waals surface area contributed by atoms with Crippen molar-refractivity contribution in [3.8, 4) is 0 Å². The lowest BCUT2D eigenvalue weighted by Gasteiger charge is -2.00. The molecule has 17 heavy (non-hydrogen) atoms. The Morgan fingerprint density at radius 3 is 2.65 bits per heavy atom. The Labute approximate surface area is 108 Å². The van der Waals surface area contributed by atoms with Crippen molar-refractivity contribution in [1.29, 1.82) is 0 Å². The number of aromatic nitrogens is 2. The Hall–Kier alpha value is -1.27. The second-order valence-corrected chi connectivity index (χ2v) is 5.89. The molecule has 2 aromatic rings. The Morgan fingerprint density at radius 1 is 1.35 bits per heavy atom. The summed E-state index contributed by atoms with van der Waals surface area (Å²) in [7, 11) is 0. The zero-order valence-electron chi connectivity index (χ0n) is 9.90. The van der Waals surface area contributed by atoms with Crippen molar-refractivity contribution in [2.24, 2.45) is 0 Å². The summed E-state index contributed by atoms with van der Waals surface area (Å²) in [5.74, 6) is -0.0360. The van der Waals surface area contributed by atoms with Gasteiger partial charge in [0.15, 0.2) is 5.13 Å². The molecule has 0 aliphatic heterocycles. The normalized spacial score (nSPS) is 10.5. The number of anilines is 1. The molecule has 2 aromatic heterocycles. The van der Waals surface area contributed by atoms with Gasteiger partial charge < -0.3 is 5.32 Å². The molecule has 6 heteroatoms. The van der Waals surface area contributed by atoms with Gasteiger partial charge in [0, 0.05) is 9.75 Å². The summed E-state index contributed by atoms with van der Waals surface area (Å²) < 4.78 is 0. The number of hydrogen-bond donors (Lipinski definition) is 1. The van der Waals surface area contributed by atoms with Crippen LogP contribution < -0.4 is 5.32 Å². The van der Waals surface area contributed by atoms with Crippen molar-refractivity contribution in [2.45, 2.75) is 27.2 Å². The molecule has 0 unspecified atom stereocenters. The van der Waals surface area contributed by atoms with Gasteiger partial charge in [-0.25, -0.2) is 9.97 Å². The summed E-state index contributed by atoms with van der Waals surface area (Å²) in [6.07, 6.45) is 0.369. The van der Waals surface area contributed by atoms with Crippen LogP contribution in [-0.2, 0) is 11.2 Å². The first-order chi connectivity index (χ1) is 8.06. The number of thiazole rings is 2. The van der Waals surface area contributed by atoms with E-state index in [0.29, 0.717) is 11.6 Å². The highest BCUT2D eigenvalue weighted by Gasteiger charge is 2.11. The number of nitrogens with one attached hydrogen (secondary N) is 1. The molecule has 0 atom stereocenters. The number of carbonyl (C=O) groups is 1. The molecule has 0 saturated carbocycles. The third kappa shape index (κ3) is 2.89. The van der Waals surface area contributed by atoms with Gasteiger partial charge in [-0.1, -0.05) is 0 Å². The molecule has 0 bridgehead atoms. The smallest absolute Gasteiger partial charge is 0.231 e. The first-order valence-corrected chi connectivity index (χ1v) is 6.88. The van der Waals surface area contributed by atoms with Crippen LogP contribution in [0.1, 0.15) is 21.1 Å². The monoisotopic (exact) mass is 267 g/mol. The molecule has 0 fully saturated rings. The minimum absolute atomic E-state index is 0.0360. The fourth-order valence-electron chi connectivity index (χ4n) is 1.33. The molecule has 2 heterocycles. The maximum absolute atomic E-state index is 11.8. The van der Waals surface area contributed by atoms with Gasteiger partial charge >= 0.3 is 0 Å². The van der Waals surface area contributed by atoms with Crippen LogP contribution in [0.15, 0.2) is 5.51 Å². The van der Waals surface area contributed by atoms with Crippen molar-refractivity contribution in [3.63, 3.8) is 0 Å². The first-order valence-electron chi connectivity index (χ1n) is 5.19. The van der Waals surface area contributed by atoms with E-state index in [-0.39, 0.29) is 5.91 Å². The van der Waals surface area contributed by atoms with Crippen molar-refractivity contribution >= 4 is 33.7 Å². The number of aryl methyl sites for hydroxylation is 3. The van der Waals surface area contributed by atoms with Gasteiger partial charge in [-0.15, -0.1) is 22.7 Å². The molecule has 4 nitrogen and oxygen atoms in total. The van der Waals surface area contributed by atoms with E-state index in [1.807, 2.05) is 20.8 Å². The molecule has 0 radical (unpaired) electrons. The van der Waals surface area contributed by atoms with E-state index < -0.39 is 0 Å². The van der Waals surface area contributed by atoms with E-state index in [4.69, 9.17) is 0 Å². The number of amides is 1. The van der Waals surface area contributed by atoms with Crippen LogP contribution in [0.4, 0.5) is 5.13 Å². The molecule has 2 rings (SSSR count). The predicted octanol–water partition coefficient (Wildman–Crippen LogP) is 2.71.